The van der Waals surface area contributed by atoms with Gasteiger partial charge in [-0.3, -0.25) is 0 Å². The number of nitrogens with one attached hydrogen (secondary N) is 2. The van der Waals surface area contributed by atoms with E-state index in [1.54, 1.807) is 42.5 Å². The Bertz CT molecular complexity index is 1040. The Morgan fingerprint density at radius 1 is 1.00 bits per heavy atom. The lowest BCUT2D eigenvalue weighted by molar-refractivity contribution is -0.137. The molecule has 2 N–H and O–H groups in total. The van der Waals surface area contributed by atoms with E-state index < -0.39 is 11.7 Å². The highest BCUT2D eigenvalue weighted by Gasteiger charge is 2.35. The van der Waals surface area contributed by atoms with Crippen molar-refractivity contribution in [3.8, 4) is 6.07 Å². The van der Waals surface area contributed by atoms with Gasteiger partial charge < -0.3 is 10.6 Å². The zero-order chi connectivity index (χ0) is 21.0. The molecule has 3 aromatic rings. The van der Waals surface area contributed by atoms with E-state index in [4.69, 9.17) is 5.26 Å². The molecule has 5 nitrogen and oxygen atoms in total. The minimum absolute atomic E-state index is 0.00484. The quantitative estimate of drug-likeness (QED) is 0.554. The molecule has 0 spiro atoms. The van der Waals surface area contributed by atoms with Crippen LogP contribution in [0.5, 0.6) is 0 Å². The maximum atomic E-state index is 13.4. The van der Waals surface area contributed by atoms with E-state index in [-0.39, 0.29) is 17.7 Å². The number of nitriles is 1. The molecule has 0 aliphatic rings. The maximum Gasteiger partial charge on any atom is 0.421 e. The van der Waals surface area contributed by atoms with Gasteiger partial charge in [0.05, 0.1) is 11.6 Å². The number of nitrogens with zero attached hydrogens (tertiary/aromatic N) is 3. The summed E-state index contributed by atoms with van der Waals surface area (Å²) in [5, 5.41) is 14.5. The van der Waals surface area contributed by atoms with Crippen LogP contribution in [0.4, 0.5) is 36.3 Å². The highest BCUT2D eigenvalue weighted by Crippen LogP contribution is 2.35. The number of hydrogen-bond acceptors (Lipinski definition) is 5. The number of anilines is 4. The van der Waals surface area contributed by atoms with Crippen molar-refractivity contribution in [1.82, 2.24) is 9.97 Å². The van der Waals surface area contributed by atoms with Crippen molar-refractivity contribution in [1.29, 1.82) is 5.26 Å². The standard InChI is InChI=1S/C21H18F3N5/c1-13(2)15-4-3-5-17(10-15)27-19-18(21(22,23)24)12-26-20(29-19)28-16-8-6-14(11-25)7-9-16/h3-10,12-13H,1-2H3,(H2,26,27,28,29). The van der Waals surface area contributed by atoms with Crippen LogP contribution in [0.1, 0.15) is 36.5 Å². The molecule has 0 bridgehead atoms. The topological polar surface area (TPSA) is 73.6 Å². The molecule has 0 unspecified atom stereocenters. The first kappa shape index (κ1) is 20.1. The van der Waals surface area contributed by atoms with Gasteiger partial charge >= 0.3 is 6.18 Å². The molecule has 1 heterocycles. The fraction of sp³-hybridized carbons (Fsp3) is 0.190. The Hall–Kier alpha value is -3.60. The van der Waals surface area contributed by atoms with Crippen LogP contribution in [0.3, 0.4) is 0 Å². The Kier molecular flexibility index (Phi) is 5.69. The summed E-state index contributed by atoms with van der Waals surface area (Å²) in [7, 11) is 0. The number of halogens is 3. The van der Waals surface area contributed by atoms with Crippen LogP contribution >= 0.6 is 0 Å². The van der Waals surface area contributed by atoms with Crippen LogP contribution in [-0.4, -0.2) is 9.97 Å². The van der Waals surface area contributed by atoms with Gasteiger partial charge in [0.1, 0.15) is 11.4 Å². The second-order valence-electron chi connectivity index (χ2n) is 6.67. The first-order valence-electron chi connectivity index (χ1n) is 8.84. The largest absolute Gasteiger partial charge is 0.421 e. The average molecular weight is 397 g/mol. The van der Waals surface area contributed by atoms with Crippen LogP contribution in [0.25, 0.3) is 0 Å². The Morgan fingerprint density at radius 3 is 2.34 bits per heavy atom. The van der Waals surface area contributed by atoms with Crippen LogP contribution in [0.2, 0.25) is 0 Å². The van der Waals surface area contributed by atoms with Crippen molar-refractivity contribution in [2.75, 3.05) is 10.6 Å². The van der Waals surface area contributed by atoms with Crippen molar-refractivity contribution in [2.24, 2.45) is 0 Å². The molecule has 0 radical (unpaired) electrons. The smallest absolute Gasteiger partial charge is 0.340 e. The fourth-order valence-electron chi connectivity index (χ4n) is 2.61. The molecule has 148 valence electrons. The van der Waals surface area contributed by atoms with Crippen molar-refractivity contribution in [3.05, 3.63) is 71.4 Å². The Balaban J connectivity index is 1.93. The molecule has 1 aromatic heterocycles. The minimum atomic E-state index is -4.61. The summed E-state index contributed by atoms with van der Waals surface area (Å²) in [5.74, 6) is -0.104. The molecule has 0 fully saturated rings. The third-order valence-corrected chi connectivity index (χ3v) is 4.18. The van der Waals surface area contributed by atoms with Gasteiger partial charge in [0.25, 0.3) is 0 Å². The molecule has 3 rings (SSSR count). The third kappa shape index (κ3) is 5.02. The van der Waals surface area contributed by atoms with Crippen molar-refractivity contribution in [3.63, 3.8) is 0 Å². The summed E-state index contributed by atoms with van der Waals surface area (Å²) < 4.78 is 40.3. The lowest BCUT2D eigenvalue weighted by Crippen LogP contribution is -2.12. The van der Waals surface area contributed by atoms with Gasteiger partial charge in [-0.2, -0.15) is 23.4 Å². The van der Waals surface area contributed by atoms with E-state index in [9.17, 15) is 13.2 Å². The van der Waals surface area contributed by atoms with E-state index in [0.717, 1.165) is 11.8 Å². The molecular weight excluding hydrogens is 379 g/mol. The van der Waals surface area contributed by atoms with Crippen molar-refractivity contribution in [2.45, 2.75) is 25.9 Å². The fourth-order valence-corrected chi connectivity index (χ4v) is 2.61. The number of rotatable bonds is 5. The highest BCUT2D eigenvalue weighted by molar-refractivity contribution is 5.63. The van der Waals surface area contributed by atoms with E-state index in [1.807, 2.05) is 26.0 Å². The predicted molar refractivity (Wildman–Crippen MR) is 105 cm³/mol. The molecule has 0 aliphatic heterocycles. The third-order valence-electron chi connectivity index (χ3n) is 4.18. The summed E-state index contributed by atoms with van der Waals surface area (Å²) in [6, 6.07) is 15.6. The lowest BCUT2D eigenvalue weighted by atomic mass is 10.0. The monoisotopic (exact) mass is 397 g/mol. The number of alkyl halides is 3. The van der Waals surface area contributed by atoms with Gasteiger partial charge in [-0.1, -0.05) is 26.0 Å². The zero-order valence-electron chi connectivity index (χ0n) is 15.7. The molecule has 0 amide bonds. The summed E-state index contributed by atoms with van der Waals surface area (Å²) >= 11 is 0. The van der Waals surface area contributed by atoms with Gasteiger partial charge in [-0.15, -0.1) is 0 Å². The van der Waals surface area contributed by atoms with Gasteiger partial charge in [-0.05, 0) is 47.9 Å². The second-order valence-corrected chi connectivity index (χ2v) is 6.67. The van der Waals surface area contributed by atoms with E-state index >= 15 is 0 Å². The zero-order valence-corrected chi connectivity index (χ0v) is 15.7. The van der Waals surface area contributed by atoms with Crippen LogP contribution < -0.4 is 10.6 Å². The summed E-state index contributed by atoms with van der Waals surface area (Å²) in [4.78, 5) is 7.81. The predicted octanol–water partition coefficient (Wildman–Crippen LogP) is 5.98. The highest BCUT2D eigenvalue weighted by atomic mass is 19.4. The SMILES string of the molecule is CC(C)c1cccc(Nc2nc(Nc3ccc(C#N)cc3)ncc2C(F)(F)F)c1. The first-order valence-corrected chi connectivity index (χ1v) is 8.84. The van der Waals surface area contributed by atoms with E-state index in [2.05, 4.69) is 20.6 Å². The van der Waals surface area contributed by atoms with Crippen molar-refractivity contribution < 1.29 is 13.2 Å². The summed E-state index contributed by atoms with van der Waals surface area (Å²) in [6.45, 7) is 4.01. The normalized spacial score (nSPS) is 11.2. The summed E-state index contributed by atoms with van der Waals surface area (Å²) in [5.41, 5.74) is 1.56. The first-order chi connectivity index (χ1) is 13.8. The summed E-state index contributed by atoms with van der Waals surface area (Å²) in [6.07, 6.45) is -3.86. The van der Waals surface area contributed by atoms with Crippen LogP contribution in [-0.2, 0) is 6.18 Å². The molecule has 29 heavy (non-hydrogen) atoms. The molecule has 0 saturated heterocycles. The second kappa shape index (κ2) is 8.19. The van der Waals surface area contributed by atoms with Gasteiger partial charge in [0, 0.05) is 17.6 Å². The lowest BCUT2D eigenvalue weighted by Gasteiger charge is -2.16. The molecule has 8 heteroatoms. The Morgan fingerprint density at radius 2 is 1.72 bits per heavy atom. The van der Waals surface area contributed by atoms with Gasteiger partial charge in [0.15, 0.2) is 0 Å². The molecule has 0 saturated carbocycles. The minimum Gasteiger partial charge on any atom is -0.340 e. The molecular formula is C21H18F3N5. The molecule has 2 aromatic carbocycles. The number of aromatic nitrogens is 2. The van der Waals surface area contributed by atoms with Crippen LogP contribution in [0.15, 0.2) is 54.7 Å². The van der Waals surface area contributed by atoms with Crippen LogP contribution in [0, 0.1) is 11.3 Å². The maximum absolute atomic E-state index is 13.4. The van der Waals surface area contributed by atoms with E-state index in [0.29, 0.717) is 16.9 Å². The van der Waals surface area contributed by atoms with E-state index in [1.165, 1.54) is 0 Å². The van der Waals surface area contributed by atoms with Crippen molar-refractivity contribution >= 4 is 23.1 Å². The van der Waals surface area contributed by atoms with Gasteiger partial charge in [-0.25, -0.2) is 4.98 Å². The molecule has 0 atom stereocenters. The average Bonchev–Trinajstić information content (AvgIpc) is 2.68. The molecule has 0 aliphatic carbocycles. The number of hydrogen-bond donors (Lipinski definition) is 2. The Labute approximate surface area is 166 Å². The number of benzene rings is 2. The van der Waals surface area contributed by atoms with Gasteiger partial charge in [0.2, 0.25) is 5.95 Å².